The van der Waals surface area contributed by atoms with Crippen LogP contribution in [0.15, 0.2) is 60.7 Å². The lowest BCUT2D eigenvalue weighted by Crippen LogP contribution is -2.29. The Hall–Kier alpha value is -3.47. The first-order valence-electron chi connectivity index (χ1n) is 9.16. The lowest BCUT2D eigenvalue weighted by Gasteiger charge is -2.14. The van der Waals surface area contributed by atoms with Gasteiger partial charge in [0.05, 0.1) is 11.4 Å². The predicted molar refractivity (Wildman–Crippen MR) is 114 cm³/mol. The summed E-state index contributed by atoms with van der Waals surface area (Å²) in [6.45, 7) is 6.54. The first-order valence-corrected chi connectivity index (χ1v) is 9.16. The highest BCUT2D eigenvalue weighted by molar-refractivity contribution is 5.93. The zero-order valence-corrected chi connectivity index (χ0v) is 16.4. The van der Waals surface area contributed by atoms with E-state index in [9.17, 15) is 4.79 Å². The van der Waals surface area contributed by atoms with E-state index in [0.717, 1.165) is 28.0 Å². The van der Waals surface area contributed by atoms with Crippen LogP contribution in [0.2, 0.25) is 0 Å². The fourth-order valence-electron chi connectivity index (χ4n) is 2.91. The van der Waals surface area contributed by atoms with E-state index >= 15 is 0 Å². The summed E-state index contributed by atoms with van der Waals surface area (Å²) >= 11 is 0. The summed E-state index contributed by atoms with van der Waals surface area (Å²) in [5, 5.41) is 5.68. The van der Waals surface area contributed by atoms with Gasteiger partial charge < -0.3 is 21.1 Å². The molecule has 2 amide bonds. The average Bonchev–Trinajstić information content (AvgIpc) is 2.66. The smallest absolute Gasteiger partial charge is 0.319 e. The number of urea groups is 1. The number of nitrogens with two attached hydrogens (primary N) is 1. The lowest BCUT2D eigenvalue weighted by atomic mass is 10.0. The van der Waals surface area contributed by atoms with Crippen LogP contribution in [-0.4, -0.2) is 6.03 Å². The van der Waals surface area contributed by atoms with Crippen molar-refractivity contribution in [1.82, 2.24) is 5.32 Å². The van der Waals surface area contributed by atoms with Crippen molar-refractivity contribution >= 4 is 17.4 Å². The Balaban J connectivity index is 1.66. The van der Waals surface area contributed by atoms with Gasteiger partial charge in [-0.05, 0) is 61.7 Å². The number of hydrogen-bond acceptors (Lipinski definition) is 3. The maximum atomic E-state index is 12.3. The van der Waals surface area contributed by atoms with Crippen LogP contribution in [0.1, 0.15) is 22.3 Å². The van der Waals surface area contributed by atoms with E-state index in [1.807, 2.05) is 63.2 Å². The first-order chi connectivity index (χ1) is 13.4. The molecule has 0 saturated heterocycles. The second kappa shape index (κ2) is 8.48. The minimum atomic E-state index is -0.318. The number of anilines is 2. The van der Waals surface area contributed by atoms with Crippen LogP contribution < -0.4 is 21.1 Å². The molecule has 0 atom stereocenters. The Morgan fingerprint density at radius 3 is 2.25 bits per heavy atom. The van der Waals surface area contributed by atoms with Crippen molar-refractivity contribution < 1.29 is 9.53 Å². The lowest BCUT2D eigenvalue weighted by molar-refractivity contribution is 0.251. The van der Waals surface area contributed by atoms with Crippen LogP contribution in [-0.2, 0) is 6.54 Å². The molecular weight excluding hydrogens is 350 g/mol. The van der Waals surface area contributed by atoms with Gasteiger partial charge in [0, 0.05) is 12.6 Å². The van der Waals surface area contributed by atoms with E-state index in [2.05, 4.69) is 10.6 Å². The topological polar surface area (TPSA) is 76.4 Å². The minimum absolute atomic E-state index is 0.318. The van der Waals surface area contributed by atoms with Crippen LogP contribution in [0.3, 0.4) is 0 Å². The number of amides is 2. The van der Waals surface area contributed by atoms with Crippen molar-refractivity contribution in [3.05, 3.63) is 82.9 Å². The van der Waals surface area contributed by atoms with Gasteiger partial charge >= 0.3 is 6.03 Å². The fraction of sp³-hybridized carbons (Fsp3) is 0.174. The molecule has 5 heteroatoms. The van der Waals surface area contributed by atoms with Gasteiger partial charge in [0.2, 0.25) is 0 Å². The first kappa shape index (κ1) is 19.3. The van der Waals surface area contributed by atoms with E-state index in [-0.39, 0.29) is 6.03 Å². The molecule has 0 aromatic heterocycles. The molecule has 0 unspecified atom stereocenters. The van der Waals surface area contributed by atoms with Gasteiger partial charge in [-0.25, -0.2) is 4.79 Å². The molecule has 3 aromatic carbocycles. The second-order valence-electron chi connectivity index (χ2n) is 6.84. The molecule has 4 N–H and O–H groups in total. The van der Waals surface area contributed by atoms with Gasteiger partial charge in [0.1, 0.15) is 11.5 Å². The van der Waals surface area contributed by atoms with Gasteiger partial charge in [0.15, 0.2) is 0 Å². The molecule has 0 bridgehead atoms. The summed E-state index contributed by atoms with van der Waals surface area (Å²) in [5.41, 5.74) is 11.5. The fourth-order valence-corrected chi connectivity index (χ4v) is 2.91. The third kappa shape index (κ3) is 4.82. The van der Waals surface area contributed by atoms with Crippen molar-refractivity contribution in [3.8, 4) is 11.5 Å². The van der Waals surface area contributed by atoms with Crippen LogP contribution in [0.4, 0.5) is 16.2 Å². The summed E-state index contributed by atoms with van der Waals surface area (Å²) in [4.78, 5) is 12.3. The predicted octanol–water partition coefficient (Wildman–Crippen LogP) is 5.31. The van der Waals surface area contributed by atoms with Gasteiger partial charge in [-0.3, -0.25) is 0 Å². The quantitative estimate of drug-likeness (QED) is 0.529. The number of nitrogens with one attached hydrogen (secondary N) is 2. The highest BCUT2D eigenvalue weighted by Crippen LogP contribution is 2.28. The zero-order chi connectivity index (χ0) is 20.1. The van der Waals surface area contributed by atoms with Crippen molar-refractivity contribution in [2.45, 2.75) is 27.3 Å². The summed E-state index contributed by atoms with van der Waals surface area (Å²) < 4.78 is 5.84. The Bertz CT molecular complexity index is 961. The number of rotatable bonds is 5. The molecule has 0 aliphatic carbocycles. The highest BCUT2D eigenvalue weighted by Gasteiger charge is 2.09. The Morgan fingerprint density at radius 1 is 0.929 bits per heavy atom. The van der Waals surface area contributed by atoms with E-state index in [0.29, 0.717) is 23.7 Å². The standard InChI is InChI=1S/C23H25N3O2/c1-15-7-9-18(10-8-15)28-19-11-12-21(24)22(13-19)26-23(27)25-14-20-16(2)5-4-6-17(20)3/h4-13H,14,24H2,1-3H3,(H2,25,26,27). The second-order valence-corrected chi connectivity index (χ2v) is 6.84. The van der Waals surface area contributed by atoms with Crippen molar-refractivity contribution in [2.24, 2.45) is 0 Å². The third-order valence-electron chi connectivity index (χ3n) is 4.60. The normalized spacial score (nSPS) is 10.4. The van der Waals surface area contributed by atoms with Gasteiger partial charge in [-0.2, -0.15) is 0 Å². The minimum Gasteiger partial charge on any atom is -0.457 e. The molecule has 0 spiro atoms. The molecule has 0 saturated carbocycles. The van der Waals surface area contributed by atoms with E-state index in [1.165, 1.54) is 0 Å². The van der Waals surface area contributed by atoms with E-state index < -0.39 is 0 Å². The van der Waals surface area contributed by atoms with Crippen LogP contribution >= 0.6 is 0 Å². The average molecular weight is 375 g/mol. The van der Waals surface area contributed by atoms with Gasteiger partial charge in [0.25, 0.3) is 0 Å². The molecule has 5 nitrogen and oxygen atoms in total. The van der Waals surface area contributed by atoms with E-state index in [4.69, 9.17) is 10.5 Å². The molecule has 28 heavy (non-hydrogen) atoms. The van der Waals surface area contributed by atoms with E-state index in [1.54, 1.807) is 18.2 Å². The Morgan fingerprint density at radius 2 is 1.57 bits per heavy atom. The Kier molecular flexibility index (Phi) is 5.84. The summed E-state index contributed by atoms with van der Waals surface area (Å²) in [6.07, 6.45) is 0. The number of ether oxygens (including phenoxy) is 1. The number of aryl methyl sites for hydroxylation is 3. The van der Waals surface area contributed by atoms with Crippen molar-refractivity contribution in [2.75, 3.05) is 11.1 Å². The maximum Gasteiger partial charge on any atom is 0.319 e. The molecule has 0 radical (unpaired) electrons. The zero-order valence-electron chi connectivity index (χ0n) is 16.4. The molecule has 144 valence electrons. The number of carbonyl (C=O) groups excluding carboxylic acids is 1. The van der Waals surface area contributed by atoms with Crippen LogP contribution in [0.5, 0.6) is 11.5 Å². The maximum absolute atomic E-state index is 12.3. The number of benzene rings is 3. The van der Waals surface area contributed by atoms with Crippen LogP contribution in [0, 0.1) is 20.8 Å². The Labute approximate surface area is 165 Å². The third-order valence-corrected chi connectivity index (χ3v) is 4.60. The van der Waals surface area contributed by atoms with Gasteiger partial charge in [-0.1, -0.05) is 35.9 Å². The summed E-state index contributed by atoms with van der Waals surface area (Å²) in [7, 11) is 0. The highest BCUT2D eigenvalue weighted by atomic mass is 16.5. The molecule has 0 aliphatic heterocycles. The largest absolute Gasteiger partial charge is 0.457 e. The van der Waals surface area contributed by atoms with Crippen molar-refractivity contribution in [1.29, 1.82) is 0 Å². The molecule has 3 rings (SSSR count). The van der Waals surface area contributed by atoms with Crippen LogP contribution in [0.25, 0.3) is 0 Å². The molecular formula is C23H25N3O2. The molecule has 0 heterocycles. The molecule has 3 aromatic rings. The monoisotopic (exact) mass is 375 g/mol. The number of hydrogen-bond donors (Lipinski definition) is 3. The number of carbonyl (C=O) groups is 1. The molecule has 0 aliphatic rings. The van der Waals surface area contributed by atoms with Gasteiger partial charge in [-0.15, -0.1) is 0 Å². The summed E-state index contributed by atoms with van der Waals surface area (Å²) in [6, 6.07) is 18.7. The number of nitrogen functional groups attached to an aromatic ring is 1. The summed E-state index contributed by atoms with van der Waals surface area (Å²) in [5.74, 6) is 1.32. The molecule has 0 fully saturated rings. The SMILES string of the molecule is Cc1ccc(Oc2ccc(N)c(NC(=O)NCc3c(C)cccc3C)c2)cc1. The van der Waals surface area contributed by atoms with Crippen molar-refractivity contribution in [3.63, 3.8) is 0 Å².